The van der Waals surface area contributed by atoms with Crippen molar-refractivity contribution in [2.75, 3.05) is 26.2 Å². The van der Waals surface area contributed by atoms with Crippen molar-refractivity contribution in [1.82, 2.24) is 10.2 Å². The van der Waals surface area contributed by atoms with Crippen LogP contribution in [0.3, 0.4) is 0 Å². The molecule has 1 unspecified atom stereocenters. The van der Waals surface area contributed by atoms with Crippen LogP contribution in [0.25, 0.3) is 0 Å². The number of piperidine rings is 1. The second-order valence-electron chi connectivity index (χ2n) is 5.20. The Morgan fingerprint density at radius 3 is 3.10 bits per heavy atom. The number of rotatable bonds is 6. The number of thiophene rings is 1. The third-order valence-corrected chi connectivity index (χ3v) is 4.47. The van der Waals surface area contributed by atoms with Crippen molar-refractivity contribution < 1.29 is 9.72 Å². The molecule has 1 aromatic heterocycles. The highest BCUT2D eigenvalue weighted by Crippen LogP contribution is 2.25. The van der Waals surface area contributed by atoms with Gasteiger partial charge in [-0.3, -0.25) is 19.8 Å². The van der Waals surface area contributed by atoms with E-state index in [0.717, 1.165) is 36.3 Å². The first-order chi connectivity index (χ1) is 10.1. The van der Waals surface area contributed by atoms with E-state index in [1.807, 2.05) is 5.38 Å². The van der Waals surface area contributed by atoms with Gasteiger partial charge in [0, 0.05) is 37.6 Å². The van der Waals surface area contributed by atoms with E-state index in [9.17, 15) is 14.9 Å². The number of nitrogens with two attached hydrogens (primary N) is 1. The van der Waals surface area contributed by atoms with Gasteiger partial charge < -0.3 is 11.1 Å². The number of hydrogen-bond donors (Lipinski definition) is 2. The highest BCUT2D eigenvalue weighted by Gasteiger charge is 2.25. The van der Waals surface area contributed by atoms with Crippen LogP contribution >= 0.6 is 11.3 Å². The lowest BCUT2D eigenvalue weighted by Gasteiger charge is -2.31. The molecule has 1 aliphatic rings. The molecule has 3 N–H and O–H groups in total. The van der Waals surface area contributed by atoms with E-state index in [0.29, 0.717) is 26.2 Å². The molecule has 0 bridgehead atoms. The largest absolute Gasteiger partial charge is 0.355 e. The summed E-state index contributed by atoms with van der Waals surface area (Å²) in [6, 6.07) is 1.61. The van der Waals surface area contributed by atoms with Crippen LogP contribution in [0.1, 0.15) is 18.4 Å². The van der Waals surface area contributed by atoms with Gasteiger partial charge in [-0.1, -0.05) is 11.3 Å². The smallest absolute Gasteiger partial charge is 0.324 e. The number of hydrogen-bond acceptors (Lipinski definition) is 6. The van der Waals surface area contributed by atoms with Gasteiger partial charge in [-0.05, 0) is 24.9 Å². The quantitative estimate of drug-likeness (QED) is 0.601. The van der Waals surface area contributed by atoms with Crippen LogP contribution in [0.15, 0.2) is 11.4 Å². The maximum atomic E-state index is 12.0. The highest BCUT2D eigenvalue weighted by molar-refractivity contribution is 7.13. The molecule has 1 fully saturated rings. The zero-order valence-electron chi connectivity index (χ0n) is 11.8. The van der Waals surface area contributed by atoms with Crippen LogP contribution < -0.4 is 11.1 Å². The molecule has 8 heteroatoms. The molecule has 21 heavy (non-hydrogen) atoms. The number of amides is 1. The second-order valence-corrected chi connectivity index (χ2v) is 6.09. The fourth-order valence-corrected chi connectivity index (χ4v) is 3.27. The van der Waals surface area contributed by atoms with Crippen LogP contribution in [0.2, 0.25) is 0 Å². The van der Waals surface area contributed by atoms with E-state index in [1.165, 1.54) is 0 Å². The van der Waals surface area contributed by atoms with Gasteiger partial charge in [-0.2, -0.15) is 0 Å². The van der Waals surface area contributed by atoms with E-state index in [1.54, 1.807) is 6.07 Å². The first kappa shape index (κ1) is 15.9. The number of likely N-dealkylation sites (tertiary alicyclic amines) is 1. The summed E-state index contributed by atoms with van der Waals surface area (Å²) in [5, 5.41) is 15.5. The predicted molar refractivity (Wildman–Crippen MR) is 81.0 cm³/mol. The highest BCUT2D eigenvalue weighted by atomic mass is 32.1. The number of carbonyl (C=O) groups is 1. The van der Waals surface area contributed by atoms with E-state index in [4.69, 9.17) is 5.73 Å². The van der Waals surface area contributed by atoms with Crippen LogP contribution in [0.5, 0.6) is 0 Å². The molecule has 7 nitrogen and oxygen atoms in total. The lowest BCUT2D eigenvalue weighted by Crippen LogP contribution is -2.43. The number of nitrogens with zero attached hydrogens (tertiary/aromatic N) is 2. The summed E-state index contributed by atoms with van der Waals surface area (Å²) >= 11 is 1.15. The van der Waals surface area contributed by atoms with Gasteiger partial charge in [0.2, 0.25) is 5.91 Å². The van der Waals surface area contributed by atoms with Gasteiger partial charge in [0.25, 0.3) is 0 Å². The lowest BCUT2D eigenvalue weighted by atomic mass is 9.97. The lowest BCUT2D eigenvalue weighted by molar-refractivity contribution is -0.380. The number of nitrogens with one attached hydrogen (secondary N) is 1. The summed E-state index contributed by atoms with van der Waals surface area (Å²) < 4.78 is 0. The molecule has 116 valence electrons. The predicted octanol–water partition coefficient (Wildman–Crippen LogP) is 0.943. The van der Waals surface area contributed by atoms with Crippen molar-refractivity contribution in [3.8, 4) is 0 Å². The molecule has 0 aromatic carbocycles. The molecular formula is C13H20N4O3S. The average Bonchev–Trinajstić information content (AvgIpc) is 2.94. The molecule has 1 amide bonds. The van der Waals surface area contributed by atoms with Crippen molar-refractivity contribution in [2.24, 2.45) is 11.7 Å². The van der Waals surface area contributed by atoms with Crippen LogP contribution in [-0.4, -0.2) is 41.9 Å². The minimum atomic E-state index is -0.368. The van der Waals surface area contributed by atoms with Crippen molar-refractivity contribution in [3.05, 3.63) is 27.1 Å². The van der Waals surface area contributed by atoms with Crippen molar-refractivity contribution in [1.29, 1.82) is 0 Å². The van der Waals surface area contributed by atoms with Gasteiger partial charge in [0.1, 0.15) is 0 Å². The van der Waals surface area contributed by atoms with Crippen LogP contribution in [0, 0.1) is 16.0 Å². The van der Waals surface area contributed by atoms with Crippen molar-refractivity contribution >= 4 is 22.2 Å². The molecular weight excluding hydrogens is 292 g/mol. The van der Waals surface area contributed by atoms with Gasteiger partial charge in [0.05, 0.1) is 10.8 Å². The Bertz CT molecular complexity index is 505. The summed E-state index contributed by atoms with van der Waals surface area (Å²) in [5.74, 6) is 0.0420. The molecule has 0 radical (unpaired) electrons. The van der Waals surface area contributed by atoms with Crippen LogP contribution in [0.4, 0.5) is 5.00 Å². The minimum Gasteiger partial charge on any atom is -0.355 e. The number of nitro groups is 1. The van der Waals surface area contributed by atoms with E-state index in [2.05, 4.69) is 10.2 Å². The molecule has 2 rings (SSSR count). The third-order valence-electron chi connectivity index (χ3n) is 3.55. The van der Waals surface area contributed by atoms with E-state index >= 15 is 0 Å². The molecule has 2 heterocycles. The molecule has 0 aliphatic carbocycles. The Morgan fingerprint density at radius 1 is 1.62 bits per heavy atom. The van der Waals surface area contributed by atoms with Gasteiger partial charge in [-0.25, -0.2) is 0 Å². The zero-order chi connectivity index (χ0) is 15.2. The maximum Gasteiger partial charge on any atom is 0.324 e. The maximum absolute atomic E-state index is 12.0. The Hall–Kier alpha value is -1.51. The average molecular weight is 312 g/mol. The summed E-state index contributed by atoms with van der Waals surface area (Å²) in [6.45, 7) is 3.22. The molecule has 1 aromatic rings. The topological polar surface area (TPSA) is 102 Å². The van der Waals surface area contributed by atoms with E-state index < -0.39 is 0 Å². The third kappa shape index (κ3) is 4.48. The van der Waals surface area contributed by atoms with Crippen molar-refractivity contribution in [2.45, 2.75) is 19.4 Å². The van der Waals surface area contributed by atoms with Gasteiger partial charge in [0.15, 0.2) is 0 Å². The number of carbonyl (C=O) groups excluding carboxylic acids is 1. The Kier molecular flexibility index (Phi) is 5.66. The Morgan fingerprint density at radius 2 is 2.43 bits per heavy atom. The fourth-order valence-electron chi connectivity index (χ4n) is 2.55. The van der Waals surface area contributed by atoms with Gasteiger partial charge in [-0.15, -0.1) is 0 Å². The first-order valence-electron chi connectivity index (χ1n) is 7.02. The summed E-state index contributed by atoms with van der Waals surface area (Å²) in [5.41, 5.74) is 6.32. The van der Waals surface area contributed by atoms with Crippen molar-refractivity contribution in [3.63, 3.8) is 0 Å². The second kappa shape index (κ2) is 7.48. The summed E-state index contributed by atoms with van der Waals surface area (Å²) in [4.78, 5) is 24.5. The normalized spacial score (nSPS) is 19.4. The molecule has 0 saturated carbocycles. The summed E-state index contributed by atoms with van der Waals surface area (Å²) in [7, 11) is 0. The Balaban J connectivity index is 1.88. The summed E-state index contributed by atoms with van der Waals surface area (Å²) in [6.07, 6.45) is 1.85. The minimum absolute atomic E-state index is 0.0149. The van der Waals surface area contributed by atoms with E-state index in [-0.39, 0.29) is 21.7 Å². The molecule has 1 atom stereocenters. The Labute approximate surface area is 127 Å². The van der Waals surface area contributed by atoms with Gasteiger partial charge >= 0.3 is 5.00 Å². The molecule has 1 aliphatic heterocycles. The standard InChI is InChI=1S/C13H20N4O3S/c14-3-4-15-13(18)11-2-1-5-16(8-11)7-10-6-12(17(19)20)21-9-10/h6,9,11H,1-5,7-8,14H2,(H,15,18). The molecule has 1 saturated heterocycles. The first-order valence-corrected chi connectivity index (χ1v) is 7.90. The SMILES string of the molecule is NCCNC(=O)C1CCCN(Cc2csc([N+](=O)[O-])c2)C1. The monoisotopic (exact) mass is 312 g/mol. The fraction of sp³-hybridized carbons (Fsp3) is 0.615. The van der Waals surface area contributed by atoms with Crippen LogP contribution in [-0.2, 0) is 11.3 Å². The zero-order valence-corrected chi connectivity index (χ0v) is 12.6. The molecule has 0 spiro atoms.